The van der Waals surface area contributed by atoms with Crippen molar-refractivity contribution >= 4 is 23.4 Å². The summed E-state index contributed by atoms with van der Waals surface area (Å²) in [4.78, 5) is 21.9. The van der Waals surface area contributed by atoms with E-state index in [0.717, 1.165) is 0 Å². The van der Waals surface area contributed by atoms with E-state index < -0.39 is 11.1 Å². The van der Waals surface area contributed by atoms with Crippen molar-refractivity contribution in [3.05, 3.63) is 64.7 Å². The highest BCUT2D eigenvalue weighted by molar-refractivity contribution is 5.92. The summed E-state index contributed by atoms with van der Waals surface area (Å²) in [5.41, 5.74) is 6.29. The van der Waals surface area contributed by atoms with E-state index in [1.165, 1.54) is 0 Å². The molecule has 9 heteroatoms. The van der Waals surface area contributed by atoms with Gasteiger partial charge in [0.1, 0.15) is 10.9 Å². The van der Waals surface area contributed by atoms with Gasteiger partial charge in [0.05, 0.1) is 0 Å². The van der Waals surface area contributed by atoms with Crippen LogP contribution < -0.4 is 21.1 Å². The number of hydrogen-bond donors (Lipinski definition) is 3. The van der Waals surface area contributed by atoms with Crippen LogP contribution in [0.25, 0.3) is 0 Å². The number of guanidine groups is 1. The molecule has 0 unspecified atom stereocenters. The van der Waals surface area contributed by atoms with Crippen LogP contribution in [0.4, 0.5) is 16.2 Å². The first-order chi connectivity index (χ1) is 11.0. The van der Waals surface area contributed by atoms with Gasteiger partial charge in [-0.05, 0) is 36.4 Å². The number of nitrogens with zero attached hydrogens (tertiary/aromatic N) is 2. The van der Waals surface area contributed by atoms with Crippen LogP contribution in [0, 0.1) is 10.1 Å². The van der Waals surface area contributed by atoms with Gasteiger partial charge in [-0.15, -0.1) is 0 Å². The molecule has 0 fully saturated rings. The zero-order valence-electron chi connectivity index (χ0n) is 11.8. The number of anilines is 2. The number of rotatable bonds is 4. The minimum Gasteiger partial charge on any atom is -0.410 e. The molecule has 118 valence electrons. The van der Waals surface area contributed by atoms with Crippen molar-refractivity contribution in [3.63, 3.8) is 0 Å². The summed E-state index contributed by atoms with van der Waals surface area (Å²) < 4.78 is 5.08. The summed E-state index contributed by atoms with van der Waals surface area (Å²) in [5, 5.41) is 17.2. The topological polar surface area (TPSA) is 132 Å². The Labute approximate surface area is 130 Å². The number of nitro groups is 1. The summed E-state index contributed by atoms with van der Waals surface area (Å²) in [5.74, 6) is 0.0752. The number of para-hydroxylation sites is 1. The summed E-state index contributed by atoms with van der Waals surface area (Å²) in [6, 6.07) is 14.9. The lowest BCUT2D eigenvalue weighted by molar-refractivity contribution is -0.485. The van der Waals surface area contributed by atoms with Gasteiger partial charge >= 0.3 is 6.09 Å². The normalized spacial score (nSPS) is 10.7. The zero-order valence-corrected chi connectivity index (χ0v) is 11.8. The van der Waals surface area contributed by atoms with Crippen LogP contribution in [0.2, 0.25) is 0 Å². The summed E-state index contributed by atoms with van der Waals surface area (Å²) in [6.45, 7) is 0. The van der Waals surface area contributed by atoms with Gasteiger partial charge in [0, 0.05) is 11.4 Å². The fraction of sp³-hybridized carbons (Fsp3) is 0. The van der Waals surface area contributed by atoms with Crippen LogP contribution >= 0.6 is 0 Å². The van der Waals surface area contributed by atoms with Crippen LogP contribution in [0.5, 0.6) is 5.75 Å². The molecule has 0 aromatic heterocycles. The highest BCUT2D eigenvalue weighted by Crippen LogP contribution is 2.15. The molecule has 23 heavy (non-hydrogen) atoms. The highest BCUT2D eigenvalue weighted by Gasteiger charge is 2.05. The molecule has 0 saturated carbocycles. The summed E-state index contributed by atoms with van der Waals surface area (Å²) >= 11 is 0. The SMILES string of the molecule is NC(=N[N+](=O)[O-])Nc1ccc(NC(=O)Oc2ccccc2)cc1. The Hall–Kier alpha value is -3.62. The molecule has 4 N–H and O–H groups in total. The minimum atomic E-state index is -0.905. The monoisotopic (exact) mass is 315 g/mol. The first-order valence-corrected chi connectivity index (χ1v) is 6.42. The van der Waals surface area contributed by atoms with Crippen molar-refractivity contribution in [2.24, 2.45) is 10.8 Å². The Bertz CT molecular complexity index is 716. The average molecular weight is 315 g/mol. The molecule has 0 spiro atoms. The predicted octanol–water partition coefficient (Wildman–Crippen LogP) is 2.22. The molecule has 9 nitrogen and oxygen atoms in total. The average Bonchev–Trinajstić information content (AvgIpc) is 2.49. The number of ether oxygens (including phenoxy) is 1. The first-order valence-electron chi connectivity index (χ1n) is 6.42. The molecule has 0 aliphatic heterocycles. The second-order valence-electron chi connectivity index (χ2n) is 4.25. The maximum absolute atomic E-state index is 11.7. The van der Waals surface area contributed by atoms with Crippen molar-refractivity contribution in [2.45, 2.75) is 0 Å². The predicted molar refractivity (Wildman–Crippen MR) is 84.8 cm³/mol. The van der Waals surface area contributed by atoms with Crippen LogP contribution in [0.3, 0.4) is 0 Å². The van der Waals surface area contributed by atoms with Crippen LogP contribution in [-0.4, -0.2) is 17.1 Å². The van der Waals surface area contributed by atoms with Gasteiger partial charge in [-0.2, -0.15) is 0 Å². The van der Waals surface area contributed by atoms with E-state index in [-0.39, 0.29) is 5.96 Å². The number of hydrazone groups is 1. The maximum Gasteiger partial charge on any atom is 0.417 e. The van der Waals surface area contributed by atoms with Gasteiger partial charge in [0.2, 0.25) is 0 Å². The number of amides is 1. The Balaban J connectivity index is 1.92. The van der Waals surface area contributed by atoms with Crippen LogP contribution in [-0.2, 0) is 0 Å². The fourth-order valence-electron chi connectivity index (χ4n) is 1.64. The van der Waals surface area contributed by atoms with E-state index in [2.05, 4.69) is 15.7 Å². The Morgan fingerprint density at radius 1 is 1.04 bits per heavy atom. The van der Waals surface area contributed by atoms with Gasteiger partial charge in [-0.1, -0.05) is 18.2 Å². The smallest absolute Gasteiger partial charge is 0.410 e. The number of nitrogens with two attached hydrogens (primary N) is 1. The third kappa shape index (κ3) is 5.34. The van der Waals surface area contributed by atoms with E-state index in [1.54, 1.807) is 48.5 Å². The first kappa shape index (κ1) is 15.8. The lowest BCUT2D eigenvalue weighted by atomic mass is 10.3. The molecule has 0 saturated heterocycles. The Morgan fingerprint density at radius 3 is 2.17 bits per heavy atom. The largest absolute Gasteiger partial charge is 0.417 e. The summed E-state index contributed by atoms with van der Waals surface area (Å²) in [7, 11) is 0. The van der Waals surface area contributed by atoms with Gasteiger partial charge in [-0.3, -0.25) is 5.32 Å². The third-order valence-electron chi connectivity index (χ3n) is 2.55. The van der Waals surface area contributed by atoms with Gasteiger partial charge in [0.25, 0.3) is 5.96 Å². The van der Waals surface area contributed by atoms with E-state index in [4.69, 9.17) is 10.5 Å². The molecule has 0 heterocycles. The van der Waals surface area contributed by atoms with Crippen LogP contribution in [0.15, 0.2) is 59.7 Å². The maximum atomic E-state index is 11.7. The lowest BCUT2D eigenvalue weighted by Crippen LogP contribution is -2.23. The number of benzene rings is 2. The minimum absolute atomic E-state index is 0.348. The fourth-order valence-corrected chi connectivity index (χ4v) is 1.64. The van der Waals surface area contributed by atoms with E-state index in [0.29, 0.717) is 17.1 Å². The lowest BCUT2D eigenvalue weighted by Gasteiger charge is -2.08. The number of nitrogens with one attached hydrogen (secondary N) is 2. The van der Waals surface area contributed by atoms with Crippen molar-refractivity contribution in [3.8, 4) is 5.75 Å². The molecule has 0 radical (unpaired) electrons. The highest BCUT2D eigenvalue weighted by atomic mass is 16.7. The molecule has 0 bridgehead atoms. The molecule has 0 atom stereocenters. The van der Waals surface area contributed by atoms with Gasteiger partial charge in [0.15, 0.2) is 5.03 Å². The second-order valence-corrected chi connectivity index (χ2v) is 4.25. The molecule has 0 aliphatic carbocycles. The van der Waals surface area contributed by atoms with Crippen molar-refractivity contribution in [1.82, 2.24) is 0 Å². The number of carbonyl (C=O) groups excluding carboxylic acids is 1. The number of carbonyl (C=O) groups is 1. The van der Waals surface area contributed by atoms with Crippen LogP contribution in [0.1, 0.15) is 0 Å². The molecule has 2 aromatic carbocycles. The quantitative estimate of drug-likeness (QED) is 0.343. The molecule has 0 aliphatic rings. The van der Waals surface area contributed by atoms with Crippen molar-refractivity contribution in [2.75, 3.05) is 10.6 Å². The number of hydrogen-bond acceptors (Lipinski definition) is 4. The van der Waals surface area contributed by atoms with Gasteiger partial charge in [-0.25, -0.2) is 14.9 Å². The zero-order chi connectivity index (χ0) is 16.7. The van der Waals surface area contributed by atoms with Gasteiger partial charge < -0.3 is 15.8 Å². The second kappa shape index (κ2) is 7.41. The Morgan fingerprint density at radius 2 is 1.61 bits per heavy atom. The van der Waals surface area contributed by atoms with Crippen molar-refractivity contribution in [1.29, 1.82) is 0 Å². The standard InChI is InChI=1S/C14H13N5O4/c15-13(18-19(21)22)16-10-6-8-11(9-7-10)17-14(20)23-12-4-2-1-3-5-12/h1-9H,(H,17,20)(H3,15,16,18). The molecule has 1 amide bonds. The van der Waals surface area contributed by atoms with E-state index >= 15 is 0 Å². The molecular weight excluding hydrogens is 302 g/mol. The molecular formula is C14H13N5O4. The van der Waals surface area contributed by atoms with Crippen molar-refractivity contribution < 1.29 is 14.6 Å². The van der Waals surface area contributed by atoms with E-state index in [9.17, 15) is 14.9 Å². The molecule has 2 aromatic rings. The molecule has 2 rings (SSSR count). The Kier molecular flexibility index (Phi) is 5.08. The third-order valence-corrected chi connectivity index (χ3v) is 2.55. The summed E-state index contributed by atoms with van der Waals surface area (Å²) in [6.07, 6.45) is -0.633. The van der Waals surface area contributed by atoms with E-state index in [1.807, 2.05) is 6.07 Å².